The van der Waals surface area contributed by atoms with Crippen LogP contribution < -0.4 is 0 Å². The van der Waals surface area contributed by atoms with Crippen LogP contribution in [-0.4, -0.2) is 80.6 Å². The van der Waals surface area contributed by atoms with Gasteiger partial charge >= 0.3 is 12.0 Å². The Bertz CT molecular complexity index is 322. The maximum Gasteiger partial charge on any atom is 0.327 e. The molecule has 0 aromatic rings. The number of urea groups is 1. The highest BCUT2D eigenvalue weighted by Crippen LogP contribution is 2.32. The van der Waals surface area contributed by atoms with Crippen LogP contribution in [0.25, 0.3) is 0 Å². The van der Waals surface area contributed by atoms with E-state index < -0.39 is 18.0 Å². The number of nitrogens with zero attached hydrogens (tertiary/aromatic N) is 2. The zero-order valence-electron chi connectivity index (χ0n) is 10.9. The fourth-order valence-corrected chi connectivity index (χ4v) is 3.37. The topological polar surface area (TPSA) is 101 Å². The average Bonchev–Trinajstić information content (AvgIpc) is 2.81. The van der Waals surface area contributed by atoms with Gasteiger partial charge in [0.1, 0.15) is 6.04 Å². The molecule has 1 saturated heterocycles. The van der Waals surface area contributed by atoms with Crippen molar-refractivity contribution in [3.8, 4) is 0 Å². The molecule has 2 atom stereocenters. The number of hydrogen-bond acceptors (Lipinski definition) is 5. The predicted octanol–water partition coefficient (Wildman–Crippen LogP) is -0.369. The van der Waals surface area contributed by atoms with Gasteiger partial charge in [0.25, 0.3) is 0 Å². The van der Waals surface area contributed by atoms with Crippen molar-refractivity contribution in [3.05, 3.63) is 0 Å². The van der Waals surface area contributed by atoms with Gasteiger partial charge in [-0.2, -0.15) is 0 Å². The summed E-state index contributed by atoms with van der Waals surface area (Å²) in [7, 11) is 0. The fraction of sp³-hybridized carbons (Fsp3) is 0.818. The summed E-state index contributed by atoms with van der Waals surface area (Å²) in [6.45, 7) is 1.62. The van der Waals surface area contributed by atoms with Crippen molar-refractivity contribution in [1.82, 2.24) is 9.80 Å². The van der Waals surface area contributed by atoms with Crippen molar-refractivity contribution >= 4 is 23.8 Å². The fourth-order valence-electron chi connectivity index (χ4n) is 2.03. The van der Waals surface area contributed by atoms with Crippen LogP contribution in [0.5, 0.6) is 0 Å². The highest BCUT2D eigenvalue weighted by Gasteiger charge is 2.42. The molecular formula is C11H20N2O5S. The molecule has 1 heterocycles. The number of carbonyl (C=O) groups is 2. The SMILES string of the molecule is CCC1SCC(C(=O)O)N1C(=O)N(CCO)CCO. The van der Waals surface area contributed by atoms with Crippen LogP contribution in [-0.2, 0) is 4.79 Å². The van der Waals surface area contributed by atoms with Gasteiger partial charge in [-0.3, -0.25) is 4.90 Å². The van der Waals surface area contributed by atoms with Crippen LogP contribution in [0.2, 0.25) is 0 Å². The Balaban J connectivity index is 2.86. The molecular weight excluding hydrogens is 272 g/mol. The van der Waals surface area contributed by atoms with Gasteiger partial charge in [0.2, 0.25) is 0 Å². The molecule has 0 aromatic carbocycles. The number of carboxylic acids is 1. The number of hydrogen-bond donors (Lipinski definition) is 3. The Labute approximate surface area is 116 Å². The molecule has 0 aliphatic carbocycles. The van der Waals surface area contributed by atoms with Gasteiger partial charge < -0.3 is 20.2 Å². The van der Waals surface area contributed by atoms with Crippen molar-refractivity contribution in [1.29, 1.82) is 0 Å². The largest absolute Gasteiger partial charge is 0.480 e. The second kappa shape index (κ2) is 7.56. The Morgan fingerprint density at radius 3 is 2.32 bits per heavy atom. The summed E-state index contributed by atoms with van der Waals surface area (Å²) >= 11 is 1.44. The summed E-state index contributed by atoms with van der Waals surface area (Å²) < 4.78 is 0. The van der Waals surface area contributed by atoms with Gasteiger partial charge in [-0.25, -0.2) is 9.59 Å². The van der Waals surface area contributed by atoms with E-state index in [0.717, 1.165) is 0 Å². The van der Waals surface area contributed by atoms with Gasteiger partial charge in [0.05, 0.1) is 18.6 Å². The Hall–Kier alpha value is -0.990. The summed E-state index contributed by atoms with van der Waals surface area (Å²) in [6.07, 6.45) is 0.659. The smallest absolute Gasteiger partial charge is 0.327 e. The van der Waals surface area contributed by atoms with Gasteiger partial charge in [-0.1, -0.05) is 6.92 Å². The molecule has 2 amide bonds. The van der Waals surface area contributed by atoms with Crippen LogP contribution in [0.1, 0.15) is 13.3 Å². The minimum atomic E-state index is -1.02. The molecule has 0 bridgehead atoms. The number of rotatable bonds is 6. The van der Waals surface area contributed by atoms with Crippen LogP contribution in [0.3, 0.4) is 0 Å². The monoisotopic (exact) mass is 292 g/mol. The van der Waals surface area contributed by atoms with Crippen molar-refractivity contribution in [2.75, 3.05) is 32.1 Å². The minimum absolute atomic E-state index is 0.0866. The van der Waals surface area contributed by atoms with E-state index in [1.54, 1.807) is 0 Å². The Morgan fingerprint density at radius 2 is 1.89 bits per heavy atom. The lowest BCUT2D eigenvalue weighted by Crippen LogP contribution is -2.52. The van der Waals surface area contributed by atoms with Crippen LogP contribution >= 0.6 is 11.8 Å². The highest BCUT2D eigenvalue weighted by atomic mass is 32.2. The third-order valence-corrected chi connectivity index (χ3v) is 4.41. The molecule has 1 rings (SSSR count). The lowest BCUT2D eigenvalue weighted by atomic mass is 10.2. The summed E-state index contributed by atoms with van der Waals surface area (Å²) in [5.41, 5.74) is 0. The van der Waals surface area contributed by atoms with Gasteiger partial charge in [0.15, 0.2) is 0 Å². The number of aliphatic hydroxyl groups excluding tert-OH is 2. The molecule has 0 saturated carbocycles. The molecule has 3 N–H and O–H groups in total. The van der Waals surface area contributed by atoms with E-state index in [4.69, 9.17) is 15.3 Å². The van der Waals surface area contributed by atoms with Crippen molar-refractivity contribution < 1.29 is 24.9 Å². The van der Waals surface area contributed by atoms with Crippen LogP contribution in [0.15, 0.2) is 0 Å². The average molecular weight is 292 g/mol. The molecule has 1 aliphatic rings. The Morgan fingerprint density at radius 1 is 1.32 bits per heavy atom. The second-order valence-corrected chi connectivity index (χ2v) is 5.39. The standard InChI is InChI=1S/C11H20N2O5S/c1-2-9-13(8(7-19-9)10(16)17)11(18)12(3-5-14)4-6-15/h8-9,14-15H,2-7H2,1H3,(H,16,17). The minimum Gasteiger partial charge on any atom is -0.480 e. The highest BCUT2D eigenvalue weighted by molar-refractivity contribution is 8.00. The Kier molecular flexibility index (Phi) is 6.40. The van der Waals surface area contributed by atoms with Gasteiger partial charge in [-0.15, -0.1) is 11.8 Å². The third kappa shape index (κ3) is 3.74. The van der Waals surface area contributed by atoms with Crippen LogP contribution in [0, 0.1) is 0 Å². The molecule has 0 aromatic heterocycles. The van der Waals surface area contributed by atoms with Crippen LogP contribution in [0.4, 0.5) is 4.79 Å². The predicted molar refractivity (Wildman–Crippen MR) is 70.9 cm³/mol. The summed E-state index contributed by atoms with van der Waals surface area (Å²) in [5, 5.41) is 26.9. The number of amides is 2. The van der Waals surface area contributed by atoms with E-state index in [1.807, 2.05) is 6.92 Å². The second-order valence-electron chi connectivity index (χ2n) is 4.17. The quantitative estimate of drug-likeness (QED) is 0.617. The molecule has 7 nitrogen and oxygen atoms in total. The molecule has 0 radical (unpaired) electrons. The zero-order valence-corrected chi connectivity index (χ0v) is 11.7. The van der Waals surface area contributed by atoms with Crippen molar-refractivity contribution in [2.24, 2.45) is 0 Å². The number of thioether (sulfide) groups is 1. The first-order valence-corrected chi connectivity index (χ1v) is 7.25. The van der Waals surface area contributed by atoms with Crippen molar-refractivity contribution in [3.63, 3.8) is 0 Å². The van der Waals surface area contributed by atoms with Gasteiger partial charge in [0, 0.05) is 18.8 Å². The normalized spacial score (nSPS) is 22.6. The summed E-state index contributed by atoms with van der Waals surface area (Å²) in [4.78, 5) is 26.2. The molecule has 1 fully saturated rings. The summed E-state index contributed by atoms with van der Waals surface area (Å²) in [6, 6.07) is -1.28. The van der Waals surface area contributed by atoms with E-state index in [1.165, 1.54) is 21.6 Å². The number of aliphatic hydroxyl groups is 2. The maximum atomic E-state index is 12.4. The van der Waals surface area contributed by atoms with E-state index in [-0.39, 0.29) is 31.7 Å². The molecule has 8 heteroatoms. The lowest BCUT2D eigenvalue weighted by Gasteiger charge is -2.32. The van der Waals surface area contributed by atoms with Gasteiger partial charge in [-0.05, 0) is 6.42 Å². The van der Waals surface area contributed by atoms with E-state index >= 15 is 0 Å². The number of aliphatic carboxylic acids is 1. The first-order valence-electron chi connectivity index (χ1n) is 6.20. The maximum absolute atomic E-state index is 12.4. The molecule has 1 aliphatic heterocycles. The number of carboxylic acid groups (broad SMARTS) is 1. The number of carbonyl (C=O) groups excluding carboxylic acids is 1. The molecule has 19 heavy (non-hydrogen) atoms. The molecule has 0 spiro atoms. The molecule has 2 unspecified atom stereocenters. The zero-order chi connectivity index (χ0) is 14.4. The van der Waals surface area contributed by atoms with E-state index in [9.17, 15) is 9.59 Å². The first-order chi connectivity index (χ1) is 9.06. The lowest BCUT2D eigenvalue weighted by molar-refractivity contribution is -0.141. The van der Waals surface area contributed by atoms with E-state index in [2.05, 4.69) is 0 Å². The summed E-state index contributed by atoms with van der Waals surface area (Å²) in [5.74, 6) is -0.657. The van der Waals surface area contributed by atoms with Crippen molar-refractivity contribution in [2.45, 2.75) is 24.8 Å². The molecule has 110 valence electrons. The first kappa shape index (κ1) is 16.1. The van der Waals surface area contributed by atoms with E-state index in [0.29, 0.717) is 12.2 Å². The third-order valence-electron chi connectivity index (χ3n) is 2.96.